The first kappa shape index (κ1) is 13.6. The van der Waals surface area contributed by atoms with Crippen molar-refractivity contribution in [1.29, 1.82) is 0 Å². The molecule has 0 aliphatic carbocycles. The molecule has 0 spiro atoms. The zero-order valence-corrected chi connectivity index (χ0v) is 11.5. The van der Waals surface area contributed by atoms with Crippen LogP contribution in [-0.4, -0.2) is 11.0 Å². The Morgan fingerprint density at radius 2 is 2.19 bits per heavy atom. The lowest BCUT2D eigenvalue weighted by Gasteiger charge is -2.22. The van der Waals surface area contributed by atoms with Gasteiger partial charge in [-0.25, -0.2) is 4.98 Å². The maximum Gasteiger partial charge on any atom is 0.0897 e. The van der Waals surface area contributed by atoms with Crippen molar-refractivity contribution in [2.75, 3.05) is 0 Å². The van der Waals surface area contributed by atoms with Crippen molar-refractivity contribution in [1.82, 2.24) is 10.4 Å². The van der Waals surface area contributed by atoms with Crippen LogP contribution in [0.15, 0.2) is 5.38 Å². The van der Waals surface area contributed by atoms with Crippen LogP contribution in [0.1, 0.15) is 44.3 Å². The lowest BCUT2D eigenvalue weighted by Crippen LogP contribution is -2.37. The molecule has 0 radical (unpaired) electrons. The number of hydrazine groups is 1. The van der Waals surface area contributed by atoms with E-state index in [4.69, 9.17) is 5.84 Å². The lowest BCUT2D eigenvalue weighted by atomic mass is 9.88. The number of nitrogens with two attached hydrogens (primary N) is 1. The summed E-state index contributed by atoms with van der Waals surface area (Å²) in [5, 5.41) is 3.25. The Morgan fingerprint density at radius 3 is 2.62 bits per heavy atom. The molecular formula is C12H23N3S. The standard InChI is InChI=1S/C12H23N3S/c1-9-14-11(8-16-9)7-10(15-13)5-6-12(2,3)4/h8,10,15H,5-7,13H2,1-4H3. The highest BCUT2D eigenvalue weighted by Crippen LogP contribution is 2.22. The van der Waals surface area contributed by atoms with Gasteiger partial charge in [0.1, 0.15) is 0 Å². The number of aryl methyl sites for hydroxylation is 1. The van der Waals surface area contributed by atoms with Crippen molar-refractivity contribution in [2.45, 2.75) is 53.0 Å². The molecule has 3 N–H and O–H groups in total. The fourth-order valence-corrected chi connectivity index (χ4v) is 2.23. The van der Waals surface area contributed by atoms with Gasteiger partial charge in [0.2, 0.25) is 0 Å². The molecule has 1 aromatic heterocycles. The van der Waals surface area contributed by atoms with Gasteiger partial charge in [-0.3, -0.25) is 11.3 Å². The van der Waals surface area contributed by atoms with E-state index in [9.17, 15) is 0 Å². The van der Waals surface area contributed by atoms with E-state index in [-0.39, 0.29) is 0 Å². The van der Waals surface area contributed by atoms with Crippen LogP contribution in [0.4, 0.5) is 0 Å². The predicted octanol–water partition coefficient (Wildman–Crippen LogP) is 2.65. The third-order valence-electron chi connectivity index (χ3n) is 2.60. The summed E-state index contributed by atoms with van der Waals surface area (Å²) in [6, 6.07) is 0.334. The van der Waals surface area contributed by atoms with Gasteiger partial charge in [0.15, 0.2) is 0 Å². The van der Waals surface area contributed by atoms with Crippen molar-refractivity contribution >= 4 is 11.3 Å². The third kappa shape index (κ3) is 5.05. The minimum atomic E-state index is 0.334. The molecule has 16 heavy (non-hydrogen) atoms. The van der Waals surface area contributed by atoms with Gasteiger partial charge < -0.3 is 0 Å². The Bertz CT molecular complexity index is 314. The van der Waals surface area contributed by atoms with Crippen LogP contribution in [0.25, 0.3) is 0 Å². The highest BCUT2D eigenvalue weighted by molar-refractivity contribution is 7.09. The van der Waals surface area contributed by atoms with Crippen molar-refractivity contribution in [2.24, 2.45) is 11.3 Å². The van der Waals surface area contributed by atoms with Gasteiger partial charge in [-0.15, -0.1) is 11.3 Å². The molecule has 0 aromatic carbocycles. The molecule has 1 atom stereocenters. The first-order valence-corrected chi connectivity index (χ1v) is 6.66. The third-order valence-corrected chi connectivity index (χ3v) is 3.42. The van der Waals surface area contributed by atoms with E-state index in [2.05, 4.69) is 36.6 Å². The summed E-state index contributed by atoms with van der Waals surface area (Å²) < 4.78 is 0. The summed E-state index contributed by atoms with van der Waals surface area (Å²) in [5.41, 5.74) is 4.42. The molecule has 92 valence electrons. The van der Waals surface area contributed by atoms with E-state index >= 15 is 0 Å². The molecular weight excluding hydrogens is 218 g/mol. The minimum Gasteiger partial charge on any atom is -0.271 e. The van der Waals surface area contributed by atoms with Gasteiger partial charge >= 0.3 is 0 Å². The second-order valence-electron chi connectivity index (χ2n) is 5.52. The Hall–Kier alpha value is -0.450. The van der Waals surface area contributed by atoms with Gasteiger partial charge in [0.25, 0.3) is 0 Å². The number of hydrogen-bond acceptors (Lipinski definition) is 4. The largest absolute Gasteiger partial charge is 0.271 e. The van der Waals surface area contributed by atoms with E-state index in [1.807, 2.05) is 6.92 Å². The molecule has 1 aromatic rings. The van der Waals surface area contributed by atoms with Crippen LogP contribution in [0.2, 0.25) is 0 Å². The molecule has 0 saturated carbocycles. The number of nitrogens with zero attached hydrogens (tertiary/aromatic N) is 1. The fraction of sp³-hybridized carbons (Fsp3) is 0.750. The fourth-order valence-electron chi connectivity index (χ4n) is 1.61. The molecule has 0 aliphatic rings. The zero-order valence-electron chi connectivity index (χ0n) is 10.7. The summed E-state index contributed by atoms with van der Waals surface area (Å²) in [5.74, 6) is 5.58. The van der Waals surface area contributed by atoms with Gasteiger partial charge in [-0.2, -0.15) is 0 Å². The molecule has 1 unspecified atom stereocenters. The molecule has 3 nitrogen and oxygen atoms in total. The van der Waals surface area contributed by atoms with E-state index in [1.165, 1.54) is 6.42 Å². The van der Waals surface area contributed by atoms with E-state index in [1.54, 1.807) is 11.3 Å². The number of nitrogens with one attached hydrogen (secondary N) is 1. The number of rotatable bonds is 5. The van der Waals surface area contributed by atoms with Crippen LogP contribution >= 0.6 is 11.3 Å². The molecule has 0 aliphatic heterocycles. The van der Waals surface area contributed by atoms with E-state index in [0.29, 0.717) is 11.5 Å². The van der Waals surface area contributed by atoms with Crippen LogP contribution in [0.3, 0.4) is 0 Å². The highest BCUT2D eigenvalue weighted by atomic mass is 32.1. The minimum absolute atomic E-state index is 0.334. The zero-order chi connectivity index (χ0) is 12.2. The van der Waals surface area contributed by atoms with Gasteiger partial charge in [-0.05, 0) is 25.2 Å². The second-order valence-corrected chi connectivity index (χ2v) is 6.59. The van der Waals surface area contributed by atoms with Crippen molar-refractivity contribution in [3.8, 4) is 0 Å². The normalized spacial score (nSPS) is 14.1. The summed E-state index contributed by atoms with van der Waals surface area (Å²) in [6.07, 6.45) is 3.19. The molecule has 1 rings (SSSR count). The van der Waals surface area contributed by atoms with Gasteiger partial charge in [0.05, 0.1) is 10.7 Å². The van der Waals surface area contributed by atoms with Gasteiger partial charge in [0, 0.05) is 17.8 Å². The maximum atomic E-state index is 5.58. The summed E-state index contributed by atoms with van der Waals surface area (Å²) in [6.45, 7) is 8.81. The Kier molecular flexibility index (Phi) is 4.89. The van der Waals surface area contributed by atoms with E-state index in [0.717, 1.165) is 23.5 Å². The molecule has 0 saturated heterocycles. The first-order chi connectivity index (χ1) is 7.40. The monoisotopic (exact) mass is 241 g/mol. The predicted molar refractivity (Wildman–Crippen MR) is 70.4 cm³/mol. The quantitative estimate of drug-likeness (QED) is 0.615. The van der Waals surface area contributed by atoms with Crippen molar-refractivity contribution in [3.63, 3.8) is 0 Å². The number of thiazole rings is 1. The topological polar surface area (TPSA) is 50.9 Å². The molecule has 0 bridgehead atoms. The van der Waals surface area contributed by atoms with Crippen LogP contribution < -0.4 is 11.3 Å². The molecule has 0 fully saturated rings. The molecule has 4 heteroatoms. The summed E-state index contributed by atoms with van der Waals surface area (Å²) in [4.78, 5) is 4.47. The highest BCUT2D eigenvalue weighted by Gasteiger charge is 2.15. The smallest absolute Gasteiger partial charge is 0.0897 e. The maximum absolute atomic E-state index is 5.58. The molecule has 0 amide bonds. The summed E-state index contributed by atoms with van der Waals surface area (Å²) >= 11 is 1.70. The Balaban J connectivity index is 2.43. The Labute approximate surface area is 102 Å². The number of aromatic nitrogens is 1. The van der Waals surface area contributed by atoms with Crippen molar-refractivity contribution < 1.29 is 0 Å². The van der Waals surface area contributed by atoms with Crippen molar-refractivity contribution in [3.05, 3.63) is 16.1 Å². The second kappa shape index (κ2) is 5.75. The van der Waals surface area contributed by atoms with Crippen LogP contribution in [0, 0.1) is 12.3 Å². The average molecular weight is 241 g/mol. The average Bonchev–Trinajstić information content (AvgIpc) is 2.57. The first-order valence-electron chi connectivity index (χ1n) is 5.78. The van der Waals surface area contributed by atoms with Crippen LogP contribution in [0.5, 0.6) is 0 Å². The van der Waals surface area contributed by atoms with E-state index < -0.39 is 0 Å². The number of hydrogen-bond donors (Lipinski definition) is 2. The summed E-state index contributed by atoms with van der Waals surface area (Å²) in [7, 11) is 0. The lowest BCUT2D eigenvalue weighted by molar-refractivity contribution is 0.329. The SMILES string of the molecule is Cc1nc(CC(CCC(C)(C)C)NN)cs1. The van der Waals surface area contributed by atoms with Crippen LogP contribution in [-0.2, 0) is 6.42 Å². The molecule has 1 heterocycles. The van der Waals surface area contributed by atoms with Gasteiger partial charge in [-0.1, -0.05) is 20.8 Å². The Morgan fingerprint density at radius 1 is 1.50 bits per heavy atom.